The fraction of sp³-hybridized carbons (Fsp3) is 0.308. The Kier molecular flexibility index (Phi) is 9.40. The monoisotopic (exact) mass is 653 g/mol. The van der Waals surface area contributed by atoms with E-state index in [9.17, 15) is 27.6 Å². The molecule has 4 aromatic carbocycles. The summed E-state index contributed by atoms with van der Waals surface area (Å²) in [5.41, 5.74) is 10.1. The van der Waals surface area contributed by atoms with E-state index in [1.807, 2.05) is 79.7 Å². The molecule has 2 aliphatic rings. The van der Waals surface area contributed by atoms with E-state index in [1.165, 1.54) is 12.1 Å². The smallest absolute Gasteiger partial charge is 0.369 e. The second-order valence-corrected chi connectivity index (χ2v) is 12.8. The number of alkyl halides is 3. The van der Waals surface area contributed by atoms with Crippen molar-refractivity contribution in [1.29, 1.82) is 0 Å². The fourth-order valence-corrected chi connectivity index (χ4v) is 6.79. The van der Waals surface area contributed by atoms with Crippen molar-refractivity contribution in [3.8, 4) is 22.3 Å². The number of primary amides is 1. The van der Waals surface area contributed by atoms with Crippen molar-refractivity contribution in [2.75, 3.05) is 4.90 Å². The molecule has 0 aromatic heterocycles. The highest BCUT2D eigenvalue weighted by atomic mass is 19.4. The lowest BCUT2D eigenvalue weighted by Crippen LogP contribution is -2.46. The Hall–Kier alpha value is -4.92. The molecule has 0 bridgehead atoms. The quantitative estimate of drug-likeness (QED) is 0.172. The number of nitrogens with one attached hydrogen (secondary N) is 1. The van der Waals surface area contributed by atoms with E-state index in [1.54, 1.807) is 4.90 Å². The van der Waals surface area contributed by atoms with Crippen LogP contribution in [0.2, 0.25) is 0 Å². The summed E-state index contributed by atoms with van der Waals surface area (Å²) in [4.78, 5) is 43.0. The number of rotatable bonds is 11. The van der Waals surface area contributed by atoms with Crippen LogP contribution in [-0.4, -0.2) is 17.7 Å². The summed E-state index contributed by atoms with van der Waals surface area (Å²) in [6, 6.07) is 26.4. The maximum Gasteiger partial charge on any atom is 0.416 e. The molecule has 0 saturated heterocycles. The van der Waals surface area contributed by atoms with Crippen LogP contribution in [0, 0.1) is 17.8 Å². The highest BCUT2D eigenvalue weighted by Gasteiger charge is 2.41. The van der Waals surface area contributed by atoms with Gasteiger partial charge < -0.3 is 16.0 Å². The molecule has 0 radical (unpaired) electrons. The number of nitrogens with two attached hydrogens (primary N) is 1. The van der Waals surface area contributed by atoms with Gasteiger partial charge in [-0.1, -0.05) is 99.0 Å². The van der Waals surface area contributed by atoms with Gasteiger partial charge in [-0.3, -0.25) is 14.4 Å². The molecule has 3 atom stereocenters. The minimum absolute atomic E-state index is 0.149. The molecule has 4 aromatic rings. The van der Waals surface area contributed by atoms with E-state index in [0.29, 0.717) is 47.6 Å². The molecule has 48 heavy (non-hydrogen) atoms. The number of carbonyl (C=O) groups is 3. The molecule has 248 valence electrons. The molecule has 3 amide bonds. The number of halogens is 3. The molecule has 3 N–H and O–H groups in total. The average Bonchev–Trinajstić information content (AvgIpc) is 3.92. The first-order chi connectivity index (χ1) is 23.0. The van der Waals surface area contributed by atoms with Gasteiger partial charge in [0, 0.05) is 17.4 Å². The zero-order valence-corrected chi connectivity index (χ0v) is 26.7. The highest BCUT2D eigenvalue weighted by molar-refractivity contribution is 6.06. The summed E-state index contributed by atoms with van der Waals surface area (Å²) in [6.07, 6.45) is -0.700. The third-order valence-corrected chi connectivity index (χ3v) is 9.44. The van der Waals surface area contributed by atoms with Crippen molar-refractivity contribution in [3.63, 3.8) is 0 Å². The number of hydrogen-bond acceptors (Lipinski definition) is 3. The molecule has 9 heteroatoms. The van der Waals surface area contributed by atoms with Crippen LogP contribution >= 0.6 is 0 Å². The van der Waals surface area contributed by atoms with Gasteiger partial charge in [0.25, 0.3) is 5.91 Å². The van der Waals surface area contributed by atoms with Crippen LogP contribution in [0.1, 0.15) is 61.8 Å². The summed E-state index contributed by atoms with van der Waals surface area (Å²) in [5, 5.41) is 3.07. The number of carbonyl (C=O) groups excluding carboxylic acids is 3. The summed E-state index contributed by atoms with van der Waals surface area (Å²) < 4.78 is 39.5. The Balaban J connectivity index is 1.36. The van der Waals surface area contributed by atoms with E-state index in [4.69, 9.17) is 5.73 Å². The zero-order chi connectivity index (χ0) is 34.0. The molecule has 1 aliphatic heterocycles. The normalized spacial score (nSPS) is 17.1. The molecular formula is C39H38F3N3O3. The lowest BCUT2D eigenvalue weighted by Gasteiger charge is -2.29. The Morgan fingerprint density at radius 1 is 0.875 bits per heavy atom. The third-order valence-electron chi connectivity index (χ3n) is 9.44. The molecule has 1 saturated carbocycles. The lowest BCUT2D eigenvalue weighted by molar-refractivity contribution is -0.137. The number of amides is 3. The van der Waals surface area contributed by atoms with Crippen LogP contribution in [0.15, 0.2) is 97.1 Å². The van der Waals surface area contributed by atoms with Crippen LogP contribution in [0.4, 0.5) is 18.9 Å². The second-order valence-electron chi connectivity index (χ2n) is 12.8. The molecule has 0 spiro atoms. The van der Waals surface area contributed by atoms with E-state index >= 15 is 0 Å². The molecule has 1 unspecified atom stereocenters. The van der Waals surface area contributed by atoms with Crippen molar-refractivity contribution in [2.45, 2.75) is 57.8 Å². The van der Waals surface area contributed by atoms with Gasteiger partial charge in [-0.2, -0.15) is 13.2 Å². The van der Waals surface area contributed by atoms with Gasteiger partial charge in [-0.05, 0) is 70.8 Å². The van der Waals surface area contributed by atoms with E-state index in [2.05, 4.69) is 5.32 Å². The first-order valence-electron chi connectivity index (χ1n) is 16.4. The van der Waals surface area contributed by atoms with Crippen molar-refractivity contribution in [3.05, 3.63) is 114 Å². The summed E-state index contributed by atoms with van der Waals surface area (Å²) >= 11 is 0. The van der Waals surface area contributed by atoms with Crippen molar-refractivity contribution in [1.82, 2.24) is 5.32 Å². The van der Waals surface area contributed by atoms with Crippen LogP contribution in [0.5, 0.6) is 0 Å². The SMILES string of the molecule is CCC[C@H](C(N)=O)[C@@H](CC1CC1)C(=O)NC1C(=O)N(Cc2cccc(-c3ccc(C(F)(F)F)cc3)c2)c2ccccc2-c2ccccc21. The van der Waals surface area contributed by atoms with Gasteiger partial charge in [0.15, 0.2) is 0 Å². The summed E-state index contributed by atoms with van der Waals surface area (Å²) in [5.74, 6) is -2.12. The molecule has 1 heterocycles. The van der Waals surface area contributed by atoms with Crippen LogP contribution in [0.3, 0.4) is 0 Å². The number of hydrogen-bond donors (Lipinski definition) is 2. The zero-order valence-electron chi connectivity index (χ0n) is 26.7. The Labute approximate surface area is 278 Å². The van der Waals surface area contributed by atoms with Crippen molar-refractivity contribution < 1.29 is 27.6 Å². The van der Waals surface area contributed by atoms with Crippen molar-refractivity contribution in [2.24, 2.45) is 23.5 Å². The van der Waals surface area contributed by atoms with E-state index in [0.717, 1.165) is 41.7 Å². The molecule has 1 fully saturated rings. The number of para-hydroxylation sites is 1. The van der Waals surface area contributed by atoms with E-state index in [-0.39, 0.29) is 18.4 Å². The Morgan fingerprint density at radius 3 is 2.23 bits per heavy atom. The number of anilines is 1. The van der Waals surface area contributed by atoms with Gasteiger partial charge in [0.2, 0.25) is 11.8 Å². The van der Waals surface area contributed by atoms with E-state index < -0.39 is 35.5 Å². The topological polar surface area (TPSA) is 92.5 Å². The first-order valence-corrected chi connectivity index (χ1v) is 16.4. The standard InChI is InChI=1S/C39H38F3N3O3/c1-2-8-32(36(43)46)33(22-24-15-16-24)37(47)44-35-31-13-4-3-11-29(31)30-12-5-6-14-34(30)45(38(35)48)23-25-9-7-10-27(21-25)26-17-19-28(20-18-26)39(40,41)42/h3-7,9-14,17-21,24,32-33,35H,2,8,15-16,22-23H2,1H3,(H2,43,46)(H,44,47)/t32-,33+,35?/m0/s1. The average molecular weight is 654 g/mol. The molecule has 1 aliphatic carbocycles. The number of fused-ring (bicyclic) bond motifs is 3. The molecule has 6 rings (SSSR count). The largest absolute Gasteiger partial charge is 0.416 e. The third kappa shape index (κ3) is 7.00. The maximum absolute atomic E-state index is 14.7. The summed E-state index contributed by atoms with van der Waals surface area (Å²) in [6.45, 7) is 2.10. The molecular weight excluding hydrogens is 615 g/mol. The van der Waals surface area contributed by atoms with Gasteiger partial charge in [0.1, 0.15) is 6.04 Å². The van der Waals surface area contributed by atoms with Gasteiger partial charge >= 0.3 is 6.18 Å². The predicted molar refractivity (Wildman–Crippen MR) is 179 cm³/mol. The number of nitrogens with zero attached hydrogens (tertiary/aromatic N) is 1. The fourth-order valence-electron chi connectivity index (χ4n) is 6.79. The molecule has 6 nitrogen and oxygen atoms in total. The van der Waals surface area contributed by atoms with Gasteiger partial charge in [0.05, 0.1) is 17.8 Å². The first kappa shape index (κ1) is 33.0. The predicted octanol–water partition coefficient (Wildman–Crippen LogP) is 8.06. The van der Waals surface area contributed by atoms with Crippen LogP contribution in [-0.2, 0) is 27.1 Å². The Morgan fingerprint density at radius 2 is 1.56 bits per heavy atom. The van der Waals surface area contributed by atoms with Gasteiger partial charge in [-0.25, -0.2) is 0 Å². The summed E-state index contributed by atoms with van der Waals surface area (Å²) in [7, 11) is 0. The van der Waals surface area contributed by atoms with Crippen LogP contribution in [0.25, 0.3) is 22.3 Å². The minimum atomic E-state index is -4.43. The minimum Gasteiger partial charge on any atom is -0.369 e. The second kappa shape index (κ2) is 13.7. The highest BCUT2D eigenvalue weighted by Crippen LogP contribution is 2.42. The van der Waals surface area contributed by atoms with Crippen molar-refractivity contribution >= 4 is 23.4 Å². The number of benzene rings is 4. The Bertz CT molecular complexity index is 1820. The van der Waals surface area contributed by atoms with Crippen LogP contribution < -0.4 is 16.0 Å². The maximum atomic E-state index is 14.7. The lowest BCUT2D eigenvalue weighted by atomic mass is 9.83. The van der Waals surface area contributed by atoms with Gasteiger partial charge in [-0.15, -0.1) is 0 Å².